The molecule has 0 atom stereocenters. The Labute approximate surface area is 146 Å². The summed E-state index contributed by atoms with van der Waals surface area (Å²) in [4.78, 5) is 12.1. The van der Waals surface area contributed by atoms with Crippen molar-refractivity contribution >= 4 is 34.2 Å². The predicted molar refractivity (Wildman–Crippen MR) is 95.2 cm³/mol. The molecule has 1 amide bonds. The van der Waals surface area contributed by atoms with E-state index in [1.54, 1.807) is 32.2 Å². The smallest absolute Gasteiger partial charge is 0.271 e. The van der Waals surface area contributed by atoms with E-state index in [9.17, 15) is 15.0 Å². The van der Waals surface area contributed by atoms with Gasteiger partial charge in [0.05, 0.1) is 16.4 Å². The lowest BCUT2D eigenvalue weighted by molar-refractivity contribution is 0.0954. The van der Waals surface area contributed by atoms with Gasteiger partial charge in [0.2, 0.25) is 0 Å². The van der Waals surface area contributed by atoms with Gasteiger partial charge in [-0.1, -0.05) is 0 Å². The molecule has 0 spiro atoms. The number of halogens is 1. The van der Waals surface area contributed by atoms with E-state index >= 15 is 0 Å². The number of methoxy groups -OCH3 is 1. The van der Waals surface area contributed by atoms with E-state index < -0.39 is 0 Å². The molecule has 23 heavy (non-hydrogen) atoms. The van der Waals surface area contributed by atoms with Crippen LogP contribution >= 0.6 is 22.6 Å². The van der Waals surface area contributed by atoms with Crippen LogP contribution < -0.4 is 10.2 Å². The molecular weight excluding hydrogens is 411 g/mol. The van der Waals surface area contributed by atoms with Crippen molar-refractivity contribution in [1.29, 1.82) is 0 Å². The van der Waals surface area contributed by atoms with E-state index in [0.29, 0.717) is 22.6 Å². The lowest BCUT2D eigenvalue weighted by Gasteiger charge is -2.07. The summed E-state index contributed by atoms with van der Waals surface area (Å²) in [6, 6.07) is 9.12. The number of hydrogen-bond donors (Lipinski definition) is 3. The largest absolute Gasteiger partial charge is 0.508 e. The number of hydrogen-bond acceptors (Lipinski definition) is 5. The summed E-state index contributed by atoms with van der Waals surface area (Å²) in [5, 5.41) is 23.2. The van der Waals surface area contributed by atoms with Gasteiger partial charge >= 0.3 is 0 Å². The second kappa shape index (κ2) is 7.32. The molecule has 0 fully saturated rings. The maximum atomic E-state index is 12.1. The summed E-state index contributed by atoms with van der Waals surface area (Å²) >= 11 is 2.08. The molecule has 3 N–H and O–H groups in total. The van der Waals surface area contributed by atoms with Crippen molar-refractivity contribution in [3.63, 3.8) is 0 Å². The van der Waals surface area contributed by atoms with Gasteiger partial charge in [-0.05, 0) is 65.9 Å². The zero-order chi connectivity index (χ0) is 17.0. The number of aromatic hydroxyl groups is 2. The van der Waals surface area contributed by atoms with Gasteiger partial charge in [-0.3, -0.25) is 4.79 Å². The molecule has 0 saturated heterocycles. The normalized spacial score (nSPS) is 11.2. The molecule has 0 bridgehead atoms. The molecule has 0 unspecified atom stereocenters. The zero-order valence-corrected chi connectivity index (χ0v) is 14.7. The van der Waals surface area contributed by atoms with E-state index in [2.05, 4.69) is 33.1 Å². The van der Waals surface area contributed by atoms with Crippen LogP contribution in [0.5, 0.6) is 17.2 Å². The molecule has 6 nitrogen and oxygen atoms in total. The van der Waals surface area contributed by atoms with E-state index in [-0.39, 0.29) is 17.4 Å². The fourth-order valence-corrected chi connectivity index (χ4v) is 2.62. The first kappa shape index (κ1) is 17.1. The summed E-state index contributed by atoms with van der Waals surface area (Å²) in [6.07, 6.45) is 0. The summed E-state index contributed by atoms with van der Waals surface area (Å²) in [6.45, 7) is 1.62. The molecule has 7 heteroatoms. The molecule has 0 radical (unpaired) electrons. The molecule has 0 aliphatic heterocycles. The fraction of sp³-hybridized carbons (Fsp3) is 0.125. The third kappa shape index (κ3) is 4.13. The average molecular weight is 426 g/mol. The average Bonchev–Trinajstić information content (AvgIpc) is 2.54. The predicted octanol–water partition coefficient (Wildman–Crippen LogP) is 2.87. The summed E-state index contributed by atoms with van der Waals surface area (Å²) < 4.78 is 5.95. The molecule has 2 aromatic carbocycles. The van der Waals surface area contributed by atoms with Crippen molar-refractivity contribution in [2.24, 2.45) is 5.10 Å². The minimum absolute atomic E-state index is 0.00313. The number of nitrogens with zero attached hydrogens (tertiary/aromatic N) is 1. The lowest BCUT2D eigenvalue weighted by Crippen LogP contribution is -2.19. The van der Waals surface area contributed by atoms with Gasteiger partial charge in [0.15, 0.2) is 0 Å². The second-order valence-electron chi connectivity index (χ2n) is 4.69. The number of phenols is 2. The van der Waals surface area contributed by atoms with E-state index in [4.69, 9.17) is 4.74 Å². The molecule has 0 aliphatic rings. The Balaban J connectivity index is 2.17. The van der Waals surface area contributed by atoms with E-state index in [1.807, 2.05) is 0 Å². The Morgan fingerprint density at radius 3 is 2.61 bits per heavy atom. The van der Waals surface area contributed by atoms with Crippen LogP contribution in [0.15, 0.2) is 41.5 Å². The van der Waals surface area contributed by atoms with Crippen LogP contribution in [0.2, 0.25) is 0 Å². The lowest BCUT2D eigenvalue weighted by atomic mass is 10.1. The molecule has 120 valence electrons. The minimum Gasteiger partial charge on any atom is -0.508 e. The Morgan fingerprint density at radius 1 is 1.22 bits per heavy atom. The summed E-state index contributed by atoms with van der Waals surface area (Å²) in [7, 11) is 1.56. The van der Waals surface area contributed by atoms with Crippen molar-refractivity contribution < 1.29 is 19.7 Å². The SMILES string of the molecule is COc1ccc(C(=O)N/N=C(/C)c2cc(O)ccc2O)cc1I. The topological polar surface area (TPSA) is 91.2 Å². The zero-order valence-electron chi connectivity index (χ0n) is 12.5. The van der Waals surface area contributed by atoms with Gasteiger partial charge in [-0.25, -0.2) is 5.43 Å². The Morgan fingerprint density at radius 2 is 1.96 bits per heavy atom. The third-order valence-electron chi connectivity index (χ3n) is 3.11. The van der Waals surface area contributed by atoms with Crippen LogP contribution in [-0.2, 0) is 0 Å². The second-order valence-corrected chi connectivity index (χ2v) is 5.85. The molecule has 0 aromatic heterocycles. The van der Waals surface area contributed by atoms with Crippen LogP contribution in [0.4, 0.5) is 0 Å². The van der Waals surface area contributed by atoms with Crippen molar-refractivity contribution in [2.75, 3.05) is 7.11 Å². The van der Waals surface area contributed by atoms with Crippen molar-refractivity contribution in [1.82, 2.24) is 5.43 Å². The van der Waals surface area contributed by atoms with Crippen LogP contribution in [0.3, 0.4) is 0 Å². The maximum absolute atomic E-state index is 12.1. The summed E-state index contributed by atoms with van der Waals surface area (Å²) in [5.74, 6) is 0.275. The Bertz CT molecular complexity index is 775. The highest BCUT2D eigenvalue weighted by atomic mass is 127. The number of hydrazone groups is 1. The number of amides is 1. The fourth-order valence-electron chi connectivity index (χ4n) is 1.88. The number of ether oxygens (including phenoxy) is 1. The highest BCUT2D eigenvalue weighted by molar-refractivity contribution is 14.1. The standard InChI is InChI=1S/C16H15IN2O4/c1-9(12-8-11(20)4-5-14(12)21)18-19-16(22)10-3-6-15(23-2)13(17)7-10/h3-8,20-21H,1-2H3,(H,19,22)/b18-9-. The van der Waals surface area contributed by atoms with E-state index in [1.165, 1.54) is 18.2 Å². The third-order valence-corrected chi connectivity index (χ3v) is 3.95. The van der Waals surface area contributed by atoms with Gasteiger partial charge in [0, 0.05) is 11.1 Å². The van der Waals surface area contributed by atoms with Gasteiger partial charge in [-0.2, -0.15) is 5.10 Å². The number of carbonyl (C=O) groups is 1. The molecule has 2 rings (SSSR count). The molecule has 0 aliphatic carbocycles. The van der Waals surface area contributed by atoms with Gasteiger partial charge < -0.3 is 14.9 Å². The van der Waals surface area contributed by atoms with E-state index in [0.717, 1.165) is 3.57 Å². The monoisotopic (exact) mass is 426 g/mol. The number of rotatable bonds is 4. The number of nitrogens with one attached hydrogen (secondary N) is 1. The molecular formula is C16H15IN2O4. The first-order chi connectivity index (χ1) is 10.9. The Hall–Kier alpha value is -2.29. The van der Waals surface area contributed by atoms with Gasteiger partial charge in [0.1, 0.15) is 17.2 Å². The first-order valence-corrected chi connectivity index (χ1v) is 7.70. The van der Waals surface area contributed by atoms with Gasteiger partial charge in [0.25, 0.3) is 5.91 Å². The quantitative estimate of drug-likeness (QED) is 0.304. The number of benzene rings is 2. The molecule has 0 saturated carbocycles. The minimum atomic E-state index is -0.385. The highest BCUT2D eigenvalue weighted by Gasteiger charge is 2.10. The van der Waals surface area contributed by atoms with Crippen molar-refractivity contribution in [2.45, 2.75) is 6.92 Å². The highest BCUT2D eigenvalue weighted by Crippen LogP contribution is 2.23. The van der Waals surface area contributed by atoms with Gasteiger partial charge in [-0.15, -0.1) is 0 Å². The Kier molecular flexibility index (Phi) is 5.43. The van der Waals surface area contributed by atoms with Crippen LogP contribution in [0.1, 0.15) is 22.8 Å². The molecule has 0 heterocycles. The first-order valence-electron chi connectivity index (χ1n) is 6.63. The number of carbonyl (C=O) groups excluding carboxylic acids is 1. The molecule has 2 aromatic rings. The number of phenolic OH excluding ortho intramolecular Hbond substituents is 2. The summed E-state index contributed by atoms with van der Waals surface area (Å²) in [5.41, 5.74) is 3.57. The van der Waals surface area contributed by atoms with Crippen LogP contribution in [0, 0.1) is 3.57 Å². The van der Waals surface area contributed by atoms with Crippen LogP contribution in [-0.4, -0.2) is 28.9 Å². The van der Waals surface area contributed by atoms with Crippen molar-refractivity contribution in [3.8, 4) is 17.2 Å². The van der Waals surface area contributed by atoms with Crippen molar-refractivity contribution in [3.05, 3.63) is 51.1 Å². The maximum Gasteiger partial charge on any atom is 0.271 e. The van der Waals surface area contributed by atoms with Crippen LogP contribution in [0.25, 0.3) is 0 Å².